The highest BCUT2D eigenvalue weighted by Crippen LogP contribution is 2.16. The van der Waals surface area contributed by atoms with Crippen molar-refractivity contribution in [3.05, 3.63) is 0 Å². The molecule has 0 unspecified atom stereocenters. The molecule has 4 heteroatoms. The van der Waals surface area contributed by atoms with Gasteiger partial charge in [0.2, 0.25) is 11.8 Å². The van der Waals surface area contributed by atoms with E-state index >= 15 is 0 Å². The van der Waals surface area contributed by atoms with E-state index in [0.29, 0.717) is 19.5 Å². The van der Waals surface area contributed by atoms with E-state index in [2.05, 4.69) is 26.1 Å². The zero-order chi connectivity index (χ0) is 37.1. The molecule has 2 amide bonds. The van der Waals surface area contributed by atoms with Crippen molar-refractivity contribution in [3.8, 4) is 0 Å². The van der Waals surface area contributed by atoms with Gasteiger partial charge in [-0.2, -0.15) is 0 Å². The number of rotatable bonds is 43. The van der Waals surface area contributed by atoms with Gasteiger partial charge in [0, 0.05) is 19.4 Å². The molecule has 0 bridgehead atoms. The molecular formula is C47H94N2O2. The third-order valence-corrected chi connectivity index (χ3v) is 11.1. The van der Waals surface area contributed by atoms with E-state index < -0.39 is 0 Å². The van der Waals surface area contributed by atoms with Crippen LogP contribution in [0.5, 0.6) is 0 Å². The molecule has 4 nitrogen and oxygen atoms in total. The zero-order valence-electron chi connectivity index (χ0n) is 35.5. The summed E-state index contributed by atoms with van der Waals surface area (Å²) in [5, 5.41) is 3.11. The summed E-state index contributed by atoms with van der Waals surface area (Å²) >= 11 is 0. The number of carbonyl (C=O) groups is 2. The molecule has 0 heterocycles. The second kappa shape index (κ2) is 43.3. The molecule has 0 atom stereocenters. The van der Waals surface area contributed by atoms with Crippen molar-refractivity contribution >= 4 is 11.8 Å². The first-order valence-electron chi connectivity index (χ1n) is 23.7. The van der Waals surface area contributed by atoms with E-state index in [9.17, 15) is 9.59 Å². The molecule has 0 fully saturated rings. The number of nitrogens with zero attached hydrogens (tertiary/aromatic N) is 1. The number of carbonyl (C=O) groups excluding carboxylic acids is 2. The highest BCUT2D eigenvalue weighted by molar-refractivity contribution is 5.78. The van der Waals surface area contributed by atoms with Crippen LogP contribution in [0.4, 0.5) is 0 Å². The molecule has 0 rings (SSSR count). The van der Waals surface area contributed by atoms with Crippen molar-refractivity contribution in [3.63, 3.8) is 0 Å². The predicted octanol–water partition coefficient (Wildman–Crippen LogP) is 15.6. The van der Waals surface area contributed by atoms with Gasteiger partial charge >= 0.3 is 0 Å². The van der Waals surface area contributed by atoms with Gasteiger partial charge in [-0.25, -0.2) is 0 Å². The van der Waals surface area contributed by atoms with Crippen LogP contribution in [0.2, 0.25) is 0 Å². The number of unbranched alkanes of at least 4 members (excludes halogenated alkanes) is 35. The van der Waals surface area contributed by atoms with Gasteiger partial charge in [-0.1, -0.05) is 245 Å². The van der Waals surface area contributed by atoms with Crippen LogP contribution >= 0.6 is 0 Å². The summed E-state index contributed by atoms with van der Waals surface area (Å²) in [7, 11) is 0. The smallest absolute Gasteiger partial charge is 0.223 e. The quantitative estimate of drug-likeness (QED) is 0.0504. The lowest BCUT2D eigenvalue weighted by Gasteiger charge is -2.23. The molecule has 0 aliphatic heterocycles. The first kappa shape index (κ1) is 49.9. The van der Waals surface area contributed by atoms with E-state index in [1.165, 1.54) is 212 Å². The van der Waals surface area contributed by atoms with Crippen molar-refractivity contribution < 1.29 is 9.59 Å². The van der Waals surface area contributed by atoms with Gasteiger partial charge in [0.15, 0.2) is 0 Å². The number of nitrogens with one attached hydrogen (secondary N) is 1. The second-order valence-electron chi connectivity index (χ2n) is 16.3. The maximum absolute atomic E-state index is 13.2. The number of hydrogen-bond donors (Lipinski definition) is 1. The third-order valence-electron chi connectivity index (χ3n) is 11.1. The fourth-order valence-corrected chi connectivity index (χ4v) is 7.46. The maximum atomic E-state index is 13.2. The van der Waals surface area contributed by atoms with E-state index in [1.54, 1.807) is 0 Å². The highest BCUT2D eigenvalue weighted by atomic mass is 16.2. The summed E-state index contributed by atoms with van der Waals surface area (Å²) in [5.41, 5.74) is 0. The summed E-state index contributed by atoms with van der Waals surface area (Å²) in [6, 6.07) is 0. The molecule has 304 valence electrons. The standard InChI is InChI=1S/C47H94N2O2/c1-4-7-10-13-16-18-20-22-24-26-28-30-32-35-38-41-44-49(47(51)43-40-37-33-15-12-9-6-3)45-48-46(50)42-39-36-34-31-29-27-25-23-21-19-17-14-11-8-5-2/h4-45H2,1-3H3,(H,48,50). The molecule has 51 heavy (non-hydrogen) atoms. The van der Waals surface area contributed by atoms with Crippen LogP contribution in [0.3, 0.4) is 0 Å². The summed E-state index contributed by atoms with van der Waals surface area (Å²) in [5.74, 6) is 0.349. The normalized spacial score (nSPS) is 11.4. The molecule has 0 saturated carbocycles. The van der Waals surface area contributed by atoms with Gasteiger partial charge in [0.25, 0.3) is 0 Å². The van der Waals surface area contributed by atoms with Gasteiger partial charge in [-0.3, -0.25) is 9.59 Å². The first-order chi connectivity index (χ1) is 25.2. The van der Waals surface area contributed by atoms with Gasteiger partial charge < -0.3 is 10.2 Å². The van der Waals surface area contributed by atoms with Crippen LogP contribution in [-0.2, 0) is 9.59 Å². The Morgan fingerprint density at radius 3 is 0.902 bits per heavy atom. The molecule has 0 aliphatic carbocycles. The van der Waals surface area contributed by atoms with Gasteiger partial charge in [0.1, 0.15) is 0 Å². The summed E-state index contributed by atoms with van der Waals surface area (Å²) in [6.45, 7) is 8.02. The summed E-state index contributed by atoms with van der Waals surface area (Å²) < 4.78 is 0. The van der Waals surface area contributed by atoms with E-state index in [1.807, 2.05) is 4.90 Å². The predicted molar refractivity (Wildman–Crippen MR) is 226 cm³/mol. The van der Waals surface area contributed by atoms with Crippen LogP contribution in [-0.4, -0.2) is 29.9 Å². The molecule has 0 radical (unpaired) electrons. The molecule has 0 aromatic heterocycles. The maximum Gasteiger partial charge on any atom is 0.223 e. The first-order valence-corrected chi connectivity index (χ1v) is 23.7. The molecular weight excluding hydrogens is 625 g/mol. The van der Waals surface area contributed by atoms with Gasteiger partial charge in [0.05, 0.1) is 6.67 Å². The van der Waals surface area contributed by atoms with Crippen molar-refractivity contribution in [2.24, 2.45) is 0 Å². The average molecular weight is 719 g/mol. The molecule has 1 N–H and O–H groups in total. The Balaban J connectivity index is 4.05. The van der Waals surface area contributed by atoms with E-state index in [-0.39, 0.29) is 11.8 Å². The molecule has 0 aromatic carbocycles. The average Bonchev–Trinajstić information content (AvgIpc) is 3.13. The Bertz CT molecular complexity index is 696. The van der Waals surface area contributed by atoms with Gasteiger partial charge in [-0.05, 0) is 19.3 Å². The van der Waals surface area contributed by atoms with Crippen molar-refractivity contribution in [1.29, 1.82) is 0 Å². The molecule has 0 aliphatic rings. The van der Waals surface area contributed by atoms with Crippen molar-refractivity contribution in [1.82, 2.24) is 10.2 Å². The fourth-order valence-electron chi connectivity index (χ4n) is 7.46. The fraction of sp³-hybridized carbons (Fsp3) is 0.957. The van der Waals surface area contributed by atoms with Crippen LogP contribution in [0, 0.1) is 0 Å². The zero-order valence-corrected chi connectivity index (χ0v) is 35.5. The lowest BCUT2D eigenvalue weighted by atomic mass is 10.0. The van der Waals surface area contributed by atoms with Crippen LogP contribution in [0.25, 0.3) is 0 Å². The Kier molecular flexibility index (Phi) is 42.4. The van der Waals surface area contributed by atoms with Crippen LogP contribution in [0.15, 0.2) is 0 Å². The topological polar surface area (TPSA) is 49.4 Å². The van der Waals surface area contributed by atoms with Crippen LogP contribution < -0.4 is 5.32 Å². The summed E-state index contributed by atoms with van der Waals surface area (Å²) in [6.07, 6.45) is 51.6. The van der Waals surface area contributed by atoms with Gasteiger partial charge in [-0.15, -0.1) is 0 Å². The molecule has 0 aromatic rings. The minimum absolute atomic E-state index is 0.116. The Morgan fingerprint density at radius 1 is 0.333 bits per heavy atom. The van der Waals surface area contributed by atoms with Crippen molar-refractivity contribution in [2.45, 2.75) is 278 Å². The van der Waals surface area contributed by atoms with E-state index in [0.717, 1.165) is 38.6 Å². The molecule has 0 saturated heterocycles. The lowest BCUT2D eigenvalue weighted by molar-refractivity contribution is -0.132. The number of amides is 2. The lowest BCUT2D eigenvalue weighted by Crippen LogP contribution is -2.41. The largest absolute Gasteiger partial charge is 0.338 e. The third kappa shape index (κ3) is 40.0. The minimum atomic E-state index is 0.116. The molecule has 0 spiro atoms. The monoisotopic (exact) mass is 719 g/mol. The SMILES string of the molecule is CCCCCCCCCCCCCCCCCCN(CNC(=O)CCCCCCCCCCCCCCCCC)C(=O)CCCCCCCCC. The van der Waals surface area contributed by atoms with Crippen molar-refractivity contribution in [2.75, 3.05) is 13.2 Å². The highest BCUT2D eigenvalue weighted by Gasteiger charge is 2.14. The Morgan fingerprint density at radius 2 is 0.588 bits per heavy atom. The second-order valence-corrected chi connectivity index (χ2v) is 16.3. The Labute approximate surface area is 321 Å². The number of hydrogen-bond acceptors (Lipinski definition) is 2. The summed E-state index contributed by atoms with van der Waals surface area (Å²) in [4.78, 5) is 27.8. The Hall–Kier alpha value is -1.06. The van der Waals surface area contributed by atoms with E-state index in [4.69, 9.17) is 0 Å². The van der Waals surface area contributed by atoms with Crippen LogP contribution in [0.1, 0.15) is 278 Å². The minimum Gasteiger partial charge on any atom is -0.338 e.